The molecular weight excluding hydrogens is 304 g/mol. The van der Waals surface area contributed by atoms with Gasteiger partial charge in [-0.3, -0.25) is 9.59 Å². The molecule has 5 nitrogen and oxygen atoms in total. The maximum Gasteiger partial charge on any atom is 0.255 e. The fourth-order valence-corrected chi connectivity index (χ4v) is 2.18. The molecule has 0 heterocycles. The summed E-state index contributed by atoms with van der Waals surface area (Å²) in [6.45, 7) is 5.05. The summed E-state index contributed by atoms with van der Waals surface area (Å²) in [5.41, 5.74) is 1.59. The van der Waals surface area contributed by atoms with Gasteiger partial charge in [0.05, 0.1) is 6.61 Å². The van der Waals surface area contributed by atoms with E-state index in [0.717, 1.165) is 6.42 Å². The number of ether oxygens (including phenoxy) is 1. The summed E-state index contributed by atoms with van der Waals surface area (Å²) in [6, 6.07) is 13.9. The number of carbonyl (C=O) groups excluding carboxylic acids is 2. The lowest BCUT2D eigenvalue weighted by molar-refractivity contribution is 0.0952. The highest BCUT2D eigenvalue weighted by molar-refractivity contribution is 6.05. The van der Waals surface area contributed by atoms with E-state index >= 15 is 0 Å². The molecule has 2 aromatic carbocycles. The Hall–Kier alpha value is -2.82. The third-order valence-electron chi connectivity index (χ3n) is 3.33. The summed E-state index contributed by atoms with van der Waals surface area (Å²) < 4.78 is 5.40. The summed E-state index contributed by atoms with van der Waals surface area (Å²) in [5, 5.41) is 5.62. The Morgan fingerprint density at radius 2 is 1.67 bits per heavy atom. The van der Waals surface area contributed by atoms with Crippen molar-refractivity contribution in [2.24, 2.45) is 0 Å². The third kappa shape index (κ3) is 4.84. The Kier molecular flexibility index (Phi) is 6.37. The van der Waals surface area contributed by atoms with E-state index in [1.54, 1.807) is 48.5 Å². The topological polar surface area (TPSA) is 67.4 Å². The van der Waals surface area contributed by atoms with Gasteiger partial charge in [-0.05, 0) is 49.7 Å². The minimum Gasteiger partial charge on any atom is -0.494 e. The van der Waals surface area contributed by atoms with Crippen molar-refractivity contribution in [1.29, 1.82) is 0 Å². The maximum atomic E-state index is 12.4. The molecule has 126 valence electrons. The Morgan fingerprint density at radius 1 is 0.958 bits per heavy atom. The van der Waals surface area contributed by atoms with Crippen molar-refractivity contribution in [3.8, 4) is 5.75 Å². The average Bonchev–Trinajstić information content (AvgIpc) is 2.60. The van der Waals surface area contributed by atoms with Crippen LogP contribution in [0.2, 0.25) is 0 Å². The molecule has 0 aliphatic heterocycles. The predicted molar refractivity (Wildman–Crippen MR) is 94.6 cm³/mol. The number of hydrogen-bond donors (Lipinski definition) is 2. The fourth-order valence-electron chi connectivity index (χ4n) is 2.18. The molecule has 0 aliphatic carbocycles. The molecule has 2 amide bonds. The number of hydrogen-bond acceptors (Lipinski definition) is 3. The number of nitrogens with one attached hydrogen (secondary N) is 2. The first-order chi connectivity index (χ1) is 11.6. The van der Waals surface area contributed by atoms with Crippen molar-refractivity contribution in [3.05, 3.63) is 59.7 Å². The highest BCUT2D eigenvalue weighted by Crippen LogP contribution is 2.16. The standard InChI is InChI=1S/C19H22N2O3/c1-3-11-20-18(22)14-7-5-9-16(12-14)21-19(23)15-8-6-10-17(13-15)24-4-2/h5-10,12-13H,3-4,11H2,1-2H3,(H,20,22)(H,21,23). The molecule has 0 spiro atoms. The van der Waals surface area contributed by atoms with Crippen molar-refractivity contribution in [2.75, 3.05) is 18.5 Å². The summed E-state index contributed by atoms with van der Waals surface area (Å²) in [7, 11) is 0. The van der Waals surface area contributed by atoms with Crippen LogP contribution in [0.5, 0.6) is 5.75 Å². The first-order valence-electron chi connectivity index (χ1n) is 8.06. The van der Waals surface area contributed by atoms with Crippen LogP contribution in [-0.4, -0.2) is 25.0 Å². The molecule has 0 radical (unpaired) electrons. The van der Waals surface area contributed by atoms with E-state index in [0.29, 0.717) is 35.7 Å². The van der Waals surface area contributed by atoms with Crippen LogP contribution in [0.3, 0.4) is 0 Å². The minimum absolute atomic E-state index is 0.147. The van der Waals surface area contributed by atoms with Gasteiger partial charge in [0.2, 0.25) is 0 Å². The van der Waals surface area contributed by atoms with Gasteiger partial charge in [-0.2, -0.15) is 0 Å². The number of anilines is 1. The summed E-state index contributed by atoms with van der Waals surface area (Å²) in [4.78, 5) is 24.3. The second kappa shape index (κ2) is 8.72. The second-order valence-corrected chi connectivity index (χ2v) is 5.25. The zero-order chi connectivity index (χ0) is 17.4. The molecule has 0 aromatic heterocycles. The second-order valence-electron chi connectivity index (χ2n) is 5.25. The van der Waals surface area contributed by atoms with Crippen LogP contribution in [0.15, 0.2) is 48.5 Å². The van der Waals surface area contributed by atoms with Gasteiger partial charge in [0, 0.05) is 23.4 Å². The van der Waals surface area contributed by atoms with Crippen LogP contribution in [0.25, 0.3) is 0 Å². The van der Waals surface area contributed by atoms with Crippen LogP contribution in [0, 0.1) is 0 Å². The Bertz CT molecular complexity index is 713. The molecule has 5 heteroatoms. The van der Waals surface area contributed by atoms with E-state index in [1.165, 1.54) is 0 Å². The van der Waals surface area contributed by atoms with E-state index < -0.39 is 0 Å². The smallest absolute Gasteiger partial charge is 0.255 e. The molecule has 24 heavy (non-hydrogen) atoms. The lowest BCUT2D eigenvalue weighted by atomic mass is 10.1. The highest BCUT2D eigenvalue weighted by Gasteiger charge is 2.10. The molecule has 2 N–H and O–H groups in total. The quantitative estimate of drug-likeness (QED) is 0.818. The number of amides is 2. The molecule has 2 aromatic rings. The van der Waals surface area contributed by atoms with Gasteiger partial charge >= 0.3 is 0 Å². The lowest BCUT2D eigenvalue weighted by Crippen LogP contribution is -2.24. The zero-order valence-electron chi connectivity index (χ0n) is 14.0. The summed E-state index contributed by atoms with van der Waals surface area (Å²) in [6.07, 6.45) is 0.873. The number of benzene rings is 2. The van der Waals surface area contributed by atoms with Gasteiger partial charge in [0.25, 0.3) is 11.8 Å². The van der Waals surface area contributed by atoms with Crippen LogP contribution < -0.4 is 15.4 Å². The van der Waals surface area contributed by atoms with Crippen LogP contribution in [-0.2, 0) is 0 Å². The van der Waals surface area contributed by atoms with E-state index in [2.05, 4.69) is 10.6 Å². The van der Waals surface area contributed by atoms with Crippen molar-refractivity contribution in [2.45, 2.75) is 20.3 Å². The zero-order valence-corrected chi connectivity index (χ0v) is 14.0. The van der Waals surface area contributed by atoms with E-state index in [4.69, 9.17) is 4.74 Å². The van der Waals surface area contributed by atoms with Crippen molar-refractivity contribution in [1.82, 2.24) is 5.32 Å². The normalized spacial score (nSPS) is 10.1. The molecule has 0 bridgehead atoms. The van der Waals surface area contributed by atoms with Crippen molar-refractivity contribution < 1.29 is 14.3 Å². The fraction of sp³-hybridized carbons (Fsp3) is 0.263. The summed E-state index contributed by atoms with van der Waals surface area (Å²) >= 11 is 0. The highest BCUT2D eigenvalue weighted by atomic mass is 16.5. The van der Waals surface area contributed by atoms with E-state index in [-0.39, 0.29) is 11.8 Å². The van der Waals surface area contributed by atoms with E-state index in [9.17, 15) is 9.59 Å². The monoisotopic (exact) mass is 326 g/mol. The number of rotatable bonds is 7. The molecule has 0 saturated heterocycles. The van der Waals surface area contributed by atoms with Crippen LogP contribution in [0.1, 0.15) is 41.0 Å². The largest absolute Gasteiger partial charge is 0.494 e. The van der Waals surface area contributed by atoms with Gasteiger partial charge < -0.3 is 15.4 Å². The van der Waals surface area contributed by atoms with Gasteiger partial charge in [-0.25, -0.2) is 0 Å². The summed E-state index contributed by atoms with van der Waals surface area (Å²) in [5.74, 6) is 0.256. The lowest BCUT2D eigenvalue weighted by Gasteiger charge is -2.09. The van der Waals surface area contributed by atoms with Crippen molar-refractivity contribution in [3.63, 3.8) is 0 Å². The van der Waals surface area contributed by atoms with Gasteiger partial charge in [-0.15, -0.1) is 0 Å². The third-order valence-corrected chi connectivity index (χ3v) is 3.33. The molecule has 0 unspecified atom stereocenters. The van der Waals surface area contributed by atoms with E-state index in [1.807, 2.05) is 13.8 Å². The molecule has 2 rings (SSSR count). The van der Waals surface area contributed by atoms with Gasteiger partial charge in [-0.1, -0.05) is 19.1 Å². The van der Waals surface area contributed by atoms with Gasteiger partial charge in [0.1, 0.15) is 5.75 Å². The van der Waals surface area contributed by atoms with Crippen LogP contribution >= 0.6 is 0 Å². The number of carbonyl (C=O) groups is 2. The molecular formula is C19H22N2O3. The molecule has 0 atom stereocenters. The molecule has 0 aliphatic rings. The molecule has 0 fully saturated rings. The SMILES string of the molecule is CCCNC(=O)c1cccc(NC(=O)c2cccc(OCC)c2)c1. The van der Waals surface area contributed by atoms with Crippen molar-refractivity contribution >= 4 is 17.5 Å². The first-order valence-corrected chi connectivity index (χ1v) is 8.06. The Labute approximate surface area is 142 Å². The predicted octanol–water partition coefficient (Wildman–Crippen LogP) is 3.48. The molecule has 0 saturated carbocycles. The minimum atomic E-state index is -0.248. The van der Waals surface area contributed by atoms with Gasteiger partial charge in [0.15, 0.2) is 0 Å². The Morgan fingerprint density at radius 3 is 2.38 bits per heavy atom. The van der Waals surface area contributed by atoms with Crippen LogP contribution in [0.4, 0.5) is 5.69 Å². The first kappa shape index (κ1) is 17.5. The Balaban J connectivity index is 2.09. The maximum absolute atomic E-state index is 12.4. The average molecular weight is 326 g/mol.